The minimum Gasteiger partial charge on any atom is -0.389 e. The van der Waals surface area contributed by atoms with Crippen molar-refractivity contribution in [2.24, 2.45) is 5.73 Å². The highest BCUT2D eigenvalue weighted by Crippen LogP contribution is 2.16. The Morgan fingerprint density at radius 2 is 2.22 bits per heavy atom. The molecule has 3 N–H and O–H groups in total. The third kappa shape index (κ3) is 6.14. The summed E-state index contributed by atoms with van der Waals surface area (Å²) in [6.45, 7) is 8.43. The van der Waals surface area contributed by atoms with Crippen molar-refractivity contribution in [3.05, 3.63) is 0 Å². The standard InChI is InChI=1S/C14H30N2O2/c1-3-18-13-7-6-10-16(11-13)9-5-4-8-14(2,17)12-15/h13,17H,3-12,15H2,1-2H3. The van der Waals surface area contributed by atoms with Gasteiger partial charge in [-0.3, -0.25) is 0 Å². The van der Waals surface area contributed by atoms with Gasteiger partial charge in [0.2, 0.25) is 0 Å². The number of nitrogens with zero attached hydrogens (tertiary/aromatic N) is 1. The van der Waals surface area contributed by atoms with Gasteiger partial charge < -0.3 is 20.5 Å². The van der Waals surface area contributed by atoms with Crippen molar-refractivity contribution < 1.29 is 9.84 Å². The lowest BCUT2D eigenvalue weighted by Crippen LogP contribution is -2.40. The topological polar surface area (TPSA) is 58.7 Å². The van der Waals surface area contributed by atoms with E-state index in [1.54, 1.807) is 0 Å². The van der Waals surface area contributed by atoms with E-state index in [4.69, 9.17) is 10.5 Å². The predicted molar refractivity (Wildman–Crippen MR) is 74.6 cm³/mol. The van der Waals surface area contributed by atoms with Crippen LogP contribution in [0.4, 0.5) is 0 Å². The second kappa shape index (κ2) is 8.10. The SMILES string of the molecule is CCOC1CCCN(CCCCC(C)(O)CN)C1. The minimum atomic E-state index is -0.685. The summed E-state index contributed by atoms with van der Waals surface area (Å²) in [6, 6.07) is 0. The number of likely N-dealkylation sites (tertiary alicyclic amines) is 1. The molecule has 2 atom stereocenters. The average molecular weight is 258 g/mol. The predicted octanol–water partition coefficient (Wildman–Crippen LogP) is 1.37. The second-order valence-corrected chi connectivity index (χ2v) is 5.68. The number of rotatable bonds is 8. The van der Waals surface area contributed by atoms with Crippen molar-refractivity contribution >= 4 is 0 Å². The lowest BCUT2D eigenvalue weighted by molar-refractivity contribution is 0.00460. The van der Waals surface area contributed by atoms with Crippen LogP contribution in [0.15, 0.2) is 0 Å². The second-order valence-electron chi connectivity index (χ2n) is 5.68. The van der Waals surface area contributed by atoms with Gasteiger partial charge in [0.1, 0.15) is 0 Å². The van der Waals surface area contributed by atoms with Gasteiger partial charge in [0.05, 0.1) is 11.7 Å². The van der Waals surface area contributed by atoms with Crippen LogP contribution in [-0.2, 0) is 4.74 Å². The molecule has 0 saturated carbocycles. The average Bonchev–Trinajstić information content (AvgIpc) is 2.36. The molecule has 0 aliphatic carbocycles. The molecule has 0 aromatic carbocycles. The Morgan fingerprint density at radius 3 is 2.89 bits per heavy atom. The van der Waals surface area contributed by atoms with E-state index in [0.29, 0.717) is 12.6 Å². The zero-order valence-electron chi connectivity index (χ0n) is 12.0. The summed E-state index contributed by atoms with van der Waals surface area (Å²) in [5.41, 5.74) is 4.82. The molecular weight excluding hydrogens is 228 g/mol. The van der Waals surface area contributed by atoms with Crippen molar-refractivity contribution in [3.8, 4) is 0 Å². The molecule has 1 rings (SSSR count). The molecule has 108 valence electrons. The molecule has 0 radical (unpaired) electrons. The molecule has 0 bridgehead atoms. The lowest BCUT2D eigenvalue weighted by atomic mass is 9.99. The number of piperidine rings is 1. The third-order valence-electron chi connectivity index (χ3n) is 3.74. The van der Waals surface area contributed by atoms with Gasteiger partial charge in [-0.1, -0.05) is 0 Å². The van der Waals surface area contributed by atoms with Crippen LogP contribution in [0.25, 0.3) is 0 Å². The minimum absolute atomic E-state index is 0.350. The highest BCUT2D eigenvalue weighted by atomic mass is 16.5. The van der Waals surface area contributed by atoms with E-state index in [0.717, 1.165) is 39.0 Å². The molecule has 2 unspecified atom stereocenters. The van der Waals surface area contributed by atoms with Gasteiger partial charge >= 0.3 is 0 Å². The highest BCUT2D eigenvalue weighted by molar-refractivity contribution is 4.75. The Balaban J connectivity index is 2.11. The quantitative estimate of drug-likeness (QED) is 0.646. The van der Waals surface area contributed by atoms with Crippen LogP contribution in [0.5, 0.6) is 0 Å². The molecule has 0 amide bonds. The van der Waals surface area contributed by atoms with E-state index >= 15 is 0 Å². The molecule has 1 saturated heterocycles. The smallest absolute Gasteiger partial charge is 0.0741 e. The van der Waals surface area contributed by atoms with E-state index in [9.17, 15) is 5.11 Å². The van der Waals surface area contributed by atoms with Crippen molar-refractivity contribution in [2.45, 2.75) is 57.7 Å². The van der Waals surface area contributed by atoms with Crippen molar-refractivity contribution in [1.29, 1.82) is 0 Å². The number of ether oxygens (including phenoxy) is 1. The maximum absolute atomic E-state index is 9.81. The number of hydrogen-bond acceptors (Lipinski definition) is 4. The van der Waals surface area contributed by atoms with Crippen LogP contribution in [-0.4, -0.2) is 54.5 Å². The van der Waals surface area contributed by atoms with Gasteiger partial charge in [0.15, 0.2) is 0 Å². The van der Waals surface area contributed by atoms with E-state index < -0.39 is 5.60 Å². The highest BCUT2D eigenvalue weighted by Gasteiger charge is 2.20. The fourth-order valence-corrected chi connectivity index (χ4v) is 2.53. The number of nitrogens with two attached hydrogens (primary N) is 1. The van der Waals surface area contributed by atoms with Gasteiger partial charge in [-0.15, -0.1) is 0 Å². The summed E-state index contributed by atoms with van der Waals surface area (Å²) in [5.74, 6) is 0. The number of unbranched alkanes of at least 4 members (excludes halogenated alkanes) is 1. The molecule has 1 aliphatic heterocycles. The summed E-state index contributed by atoms with van der Waals surface area (Å²) < 4.78 is 5.69. The molecule has 4 heteroatoms. The molecule has 0 spiro atoms. The maximum Gasteiger partial charge on any atom is 0.0741 e. The first-order valence-corrected chi connectivity index (χ1v) is 7.34. The van der Waals surface area contributed by atoms with Crippen LogP contribution in [0.3, 0.4) is 0 Å². The molecule has 18 heavy (non-hydrogen) atoms. The van der Waals surface area contributed by atoms with E-state index in [2.05, 4.69) is 11.8 Å². The molecule has 1 heterocycles. The fraction of sp³-hybridized carbons (Fsp3) is 1.00. The van der Waals surface area contributed by atoms with E-state index in [1.165, 1.54) is 19.4 Å². The van der Waals surface area contributed by atoms with Gasteiger partial charge in [-0.25, -0.2) is 0 Å². The van der Waals surface area contributed by atoms with Crippen molar-refractivity contribution in [3.63, 3.8) is 0 Å². The van der Waals surface area contributed by atoms with Crippen LogP contribution in [0.2, 0.25) is 0 Å². The largest absolute Gasteiger partial charge is 0.389 e. The first-order valence-electron chi connectivity index (χ1n) is 7.34. The molecule has 4 nitrogen and oxygen atoms in total. The summed E-state index contributed by atoms with van der Waals surface area (Å²) >= 11 is 0. The van der Waals surface area contributed by atoms with Crippen molar-refractivity contribution in [1.82, 2.24) is 4.90 Å². The summed E-state index contributed by atoms with van der Waals surface area (Å²) in [5, 5.41) is 9.81. The Bertz CT molecular complexity index is 220. The van der Waals surface area contributed by atoms with Crippen molar-refractivity contribution in [2.75, 3.05) is 32.8 Å². The van der Waals surface area contributed by atoms with E-state index in [1.807, 2.05) is 6.92 Å². The van der Waals surface area contributed by atoms with Gasteiger partial charge in [0, 0.05) is 19.7 Å². The zero-order chi connectivity index (χ0) is 13.4. The summed E-state index contributed by atoms with van der Waals surface area (Å²) in [7, 11) is 0. The lowest BCUT2D eigenvalue weighted by Gasteiger charge is -2.32. The number of hydrogen-bond donors (Lipinski definition) is 2. The molecule has 1 aliphatic rings. The number of aliphatic hydroxyl groups is 1. The molecule has 0 aromatic rings. The van der Waals surface area contributed by atoms with Gasteiger partial charge in [-0.05, 0) is 59.0 Å². The fourth-order valence-electron chi connectivity index (χ4n) is 2.53. The summed E-state index contributed by atoms with van der Waals surface area (Å²) in [6.07, 6.45) is 5.84. The van der Waals surface area contributed by atoms with E-state index in [-0.39, 0.29) is 0 Å². The first kappa shape index (κ1) is 15.9. The Hall–Kier alpha value is -0.160. The normalized spacial score (nSPS) is 25.0. The Kier molecular flexibility index (Phi) is 7.15. The van der Waals surface area contributed by atoms with Crippen LogP contribution >= 0.6 is 0 Å². The monoisotopic (exact) mass is 258 g/mol. The van der Waals surface area contributed by atoms with Gasteiger partial charge in [-0.2, -0.15) is 0 Å². The summed E-state index contributed by atoms with van der Waals surface area (Å²) in [4.78, 5) is 2.49. The third-order valence-corrected chi connectivity index (χ3v) is 3.74. The van der Waals surface area contributed by atoms with Crippen LogP contribution in [0.1, 0.15) is 46.0 Å². The molecule has 1 fully saturated rings. The van der Waals surface area contributed by atoms with Crippen LogP contribution in [0, 0.1) is 0 Å². The first-order chi connectivity index (χ1) is 8.57. The van der Waals surface area contributed by atoms with Gasteiger partial charge in [0.25, 0.3) is 0 Å². The maximum atomic E-state index is 9.81. The molecule has 0 aromatic heterocycles. The zero-order valence-corrected chi connectivity index (χ0v) is 12.0. The Morgan fingerprint density at radius 1 is 1.44 bits per heavy atom. The van der Waals surface area contributed by atoms with Crippen LogP contribution < -0.4 is 5.73 Å². The Labute approximate surface area is 111 Å². The molecular formula is C14H30N2O2.